The van der Waals surface area contributed by atoms with Crippen molar-refractivity contribution >= 4 is 0 Å². The summed E-state index contributed by atoms with van der Waals surface area (Å²) in [4.78, 5) is 8.21. The molecule has 2 rings (SSSR count). The number of hydrogen-bond donors (Lipinski definition) is 0. The molecule has 1 aromatic heterocycles. The number of nitrogens with zero attached hydrogens (tertiary/aromatic N) is 2. The molecule has 0 spiro atoms. The van der Waals surface area contributed by atoms with Gasteiger partial charge in [0.1, 0.15) is 6.33 Å². The van der Waals surface area contributed by atoms with E-state index in [1.54, 1.807) is 6.33 Å². The van der Waals surface area contributed by atoms with Crippen molar-refractivity contribution in [2.75, 3.05) is 0 Å². The molecule has 0 bridgehead atoms. The quantitative estimate of drug-likeness (QED) is 0.638. The average molecular weight is 148 g/mol. The summed E-state index contributed by atoms with van der Waals surface area (Å²) in [5, 5.41) is 0. The second-order valence-electron chi connectivity index (χ2n) is 3.30. The van der Waals surface area contributed by atoms with Gasteiger partial charge < -0.3 is 0 Å². The topological polar surface area (TPSA) is 25.8 Å². The Morgan fingerprint density at radius 2 is 2.36 bits per heavy atom. The highest BCUT2D eigenvalue weighted by atomic mass is 14.8. The van der Waals surface area contributed by atoms with Crippen molar-refractivity contribution in [1.82, 2.24) is 9.97 Å². The first-order valence-corrected chi connectivity index (χ1v) is 4.12. The van der Waals surface area contributed by atoms with Gasteiger partial charge in [-0.15, -0.1) is 0 Å². The molecule has 0 N–H and O–H groups in total. The maximum atomic E-state index is 4.25. The molecule has 0 radical (unpaired) electrons. The average Bonchev–Trinajstić information content (AvgIpc) is 2.78. The Balaban J connectivity index is 2.15. The molecule has 58 valence electrons. The summed E-state index contributed by atoms with van der Waals surface area (Å²) in [6, 6.07) is 0. The van der Waals surface area contributed by atoms with E-state index >= 15 is 0 Å². The van der Waals surface area contributed by atoms with Crippen LogP contribution in [0.5, 0.6) is 0 Å². The fourth-order valence-electron chi connectivity index (χ4n) is 1.23. The van der Waals surface area contributed by atoms with Gasteiger partial charge in [0.05, 0.1) is 0 Å². The second kappa shape index (κ2) is 2.61. The Kier molecular flexibility index (Phi) is 1.60. The van der Waals surface area contributed by atoms with Crippen LogP contribution in [0.15, 0.2) is 12.5 Å². The second-order valence-corrected chi connectivity index (χ2v) is 3.30. The molecule has 2 heteroatoms. The zero-order chi connectivity index (χ0) is 7.68. The highest BCUT2D eigenvalue weighted by Crippen LogP contribution is 2.32. The smallest absolute Gasteiger partial charge is 0.115 e. The molecule has 1 saturated carbocycles. The van der Waals surface area contributed by atoms with E-state index in [9.17, 15) is 0 Å². The summed E-state index contributed by atoms with van der Waals surface area (Å²) in [6.07, 6.45) is 7.48. The van der Waals surface area contributed by atoms with E-state index < -0.39 is 0 Å². The van der Waals surface area contributed by atoms with Crippen LogP contribution in [0.4, 0.5) is 0 Å². The lowest BCUT2D eigenvalue weighted by molar-refractivity contribution is 0.790. The van der Waals surface area contributed by atoms with E-state index in [1.165, 1.54) is 24.1 Å². The first-order chi connectivity index (χ1) is 5.36. The van der Waals surface area contributed by atoms with E-state index in [4.69, 9.17) is 0 Å². The van der Waals surface area contributed by atoms with Crippen LogP contribution in [0.3, 0.4) is 0 Å². The number of hydrogen-bond acceptors (Lipinski definition) is 2. The molecular formula is C9H12N2. The van der Waals surface area contributed by atoms with Crippen molar-refractivity contribution in [3.05, 3.63) is 23.8 Å². The fourth-order valence-corrected chi connectivity index (χ4v) is 1.23. The van der Waals surface area contributed by atoms with Gasteiger partial charge in [0, 0.05) is 11.9 Å². The Morgan fingerprint density at radius 1 is 1.55 bits per heavy atom. The summed E-state index contributed by atoms with van der Waals surface area (Å²) < 4.78 is 0. The lowest BCUT2D eigenvalue weighted by Crippen LogP contribution is -1.95. The van der Waals surface area contributed by atoms with Crippen LogP contribution in [0.1, 0.15) is 24.1 Å². The molecule has 11 heavy (non-hydrogen) atoms. The van der Waals surface area contributed by atoms with Crippen molar-refractivity contribution < 1.29 is 0 Å². The van der Waals surface area contributed by atoms with Gasteiger partial charge in [0.15, 0.2) is 0 Å². The standard InChI is InChI=1S/C9H12N2/c1-7-5-10-6-11-9(7)4-8-2-3-8/h5-6,8H,2-4H2,1H3. The Bertz CT molecular complexity index is 253. The minimum Gasteiger partial charge on any atom is -0.245 e. The van der Waals surface area contributed by atoms with Gasteiger partial charge in [-0.1, -0.05) is 0 Å². The molecule has 0 aromatic carbocycles. The van der Waals surface area contributed by atoms with Gasteiger partial charge in [-0.3, -0.25) is 0 Å². The SMILES string of the molecule is Cc1cncnc1CC1CC1. The van der Waals surface area contributed by atoms with Crippen molar-refractivity contribution in [1.29, 1.82) is 0 Å². The molecule has 1 aliphatic carbocycles. The summed E-state index contributed by atoms with van der Waals surface area (Å²) in [7, 11) is 0. The molecule has 1 heterocycles. The Morgan fingerprint density at radius 3 is 3.00 bits per heavy atom. The predicted molar refractivity (Wildman–Crippen MR) is 43.2 cm³/mol. The van der Waals surface area contributed by atoms with Crippen LogP contribution < -0.4 is 0 Å². The Hall–Kier alpha value is -0.920. The van der Waals surface area contributed by atoms with E-state index in [0.29, 0.717) is 0 Å². The molecule has 2 nitrogen and oxygen atoms in total. The molecule has 1 aliphatic rings. The highest BCUT2D eigenvalue weighted by molar-refractivity contribution is 5.14. The maximum absolute atomic E-state index is 4.25. The fraction of sp³-hybridized carbons (Fsp3) is 0.556. The molecule has 1 aromatic rings. The largest absolute Gasteiger partial charge is 0.245 e. The number of aromatic nitrogens is 2. The third-order valence-corrected chi connectivity index (χ3v) is 2.18. The number of aryl methyl sites for hydroxylation is 1. The van der Waals surface area contributed by atoms with Crippen molar-refractivity contribution in [3.8, 4) is 0 Å². The first kappa shape index (κ1) is 6.77. The third kappa shape index (κ3) is 1.56. The maximum Gasteiger partial charge on any atom is 0.115 e. The van der Waals surface area contributed by atoms with Crippen molar-refractivity contribution in [2.24, 2.45) is 5.92 Å². The number of rotatable bonds is 2. The van der Waals surface area contributed by atoms with Gasteiger partial charge in [0.25, 0.3) is 0 Å². The molecule has 0 atom stereocenters. The lowest BCUT2D eigenvalue weighted by atomic mass is 10.1. The van der Waals surface area contributed by atoms with Gasteiger partial charge in [-0.25, -0.2) is 9.97 Å². The molecule has 0 saturated heterocycles. The summed E-state index contributed by atoms with van der Waals surface area (Å²) in [6.45, 7) is 2.08. The predicted octanol–water partition coefficient (Wildman–Crippen LogP) is 1.74. The van der Waals surface area contributed by atoms with E-state index in [-0.39, 0.29) is 0 Å². The van der Waals surface area contributed by atoms with Gasteiger partial charge in [-0.2, -0.15) is 0 Å². The third-order valence-electron chi connectivity index (χ3n) is 2.18. The van der Waals surface area contributed by atoms with E-state index in [0.717, 1.165) is 12.3 Å². The van der Waals surface area contributed by atoms with Gasteiger partial charge >= 0.3 is 0 Å². The van der Waals surface area contributed by atoms with E-state index in [2.05, 4.69) is 16.9 Å². The molecule has 1 fully saturated rings. The lowest BCUT2D eigenvalue weighted by Gasteiger charge is -2.00. The Labute approximate surface area is 66.7 Å². The van der Waals surface area contributed by atoms with Crippen molar-refractivity contribution in [2.45, 2.75) is 26.2 Å². The minimum absolute atomic E-state index is 0.920. The summed E-state index contributed by atoms with van der Waals surface area (Å²) in [5.41, 5.74) is 2.47. The van der Waals surface area contributed by atoms with Crippen LogP contribution in [-0.2, 0) is 6.42 Å². The van der Waals surface area contributed by atoms with Crippen LogP contribution in [0.2, 0.25) is 0 Å². The molecular weight excluding hydrogens is 136 g/mol. The minimum atomic E-state index is 0.920. The van der Waals surface area contributed by atoms with Crippen LogP contribution in [-0.4, -0.2) is 9.97 Å². The first-order valence-electron chi connectivity index (χ1n) is 4.12. The van der Waals surface area contributed by atoms with Crippen LogP contribution >= 0.6 is 0 Å². The van der Waals surface area contributed by atoms with Gasteiger partial charge in [0.2, 0.25) is 0 Å². The molecule has 0 aliphatic heterocycles. The monoisotopic (exact) mass is 148 g/mol. The molecule has 0 unspecified atom stereocenters. The normalized spacial score (nSPS) is 16.8. The summed E-state index contributed by atoms with van der Waals surface area (Å²) in [5.74, 6) is 0.920. The van der Waals surface area contributed by atoms with Gasteiger partial charge in [-0.05, 0) is 37.7 Å². The van der Waals surface area contributed by atoms with E-state index in [1.807, 2.05) is 6.20 Å². The van der Waals surface area contributed by atoms with Crippen LogP contribution in [0, 0.1) is 12.8 Å². The molecule has 0 amide bonds. The zero-order valence-electron chi connectivity index (χ0n) is 6.75. The zero-order valence-corrected chi connectivity index (χ0v) is 6.75. The van der Waals surface area contributed by atoms with Crippen molar-refractivity contribution in [3.63, 3.8) is 0 Å². The highest BCUT2D eigenvalue weighted by Gasteiger charge is 2.22. The van der Waals surface area contributed by atoms with Crippen LogP contribution in [0.25, 0.3) is 0 Å². The summed E-state index contributed by atoms with van der Waals surface area (Å²) >= 11 is 0.